The average Bonchev–Trinajstić information content (AvgIpc) is 2.90. The Hall–Kier alpha value is -3.88. The molecule has 3 aromatic heterocycles. The van der Waals surface area contributed by atoms with Gasteiger partial charge in [-0.15, -0.1) is 0 Å². The third kappa shape index (κ3) is 2.84. The van der Waals surface area contributed by atoms with Crippen molar-refractivity contribution in [1.82, 2.24) is 19.3 Å². The van der Waals surface area contributed by atoms with Gasteiger partial charge in [0.15, 0.2) is 0 Å². The van der Waals surface area contributed by atoms with Crippen molar-refractivity contribution >= 4 is 33.7 Å². The van der Waals surface area contributed by atoms with E-state index in [-0.39, 0.29) is 23.7 Å². The summed E-state index contributed by atoms with van der Waals surface area (Å²) < 4.78 is 2.99. The summed E-state index contributed by atoms with van der Waals surface area (Å²) >= 11 is 0. The van der Waals surface area contributed by atoms with Crippen LogP contribution in [-0.4, -0.2) is 35.6 Å². The standard InChI is InChI=1S/C18H15N5O4/c1-22-14-7-11(24)5-6-12(14)13-8-19-23(17(25)16(13)22)9-10-3-2-4-15(20-10)21-18(26)27/h2-8,24H,9H2,1H3,(H,20,21)(H,26,27). The third-order valence-electron chi connectivity index (χ3n) is 4.34. The molecule has 0 atom stereocenters. The molecule has 0 aliphatic rings. The lowest BCUT2D eigenvalue weighted by molar-refractivity contribution is 0.209. The highest BCUT2D eigenvalue weighted by Gasteiger charge is 2.15. The average molecular weight is 365 g/mol. The van der Waals surface area contributed by atoms with Gasteiger partial charge in [-0.1, -0.05) is 6.07 Å². The van der Waals surface area contributed by atoms with E-state index in [9.17, 15) is 14.7 Å². The van der Waals surface area contributed by atoms with Crippen LogP contribution in [0.15, 0.2) is 47.4 Å². The van der Waals surface area contributed by atoms with Crippen molar-refractivity contribution in [3.05, 3.63) is 58.6 Å². The van der Waals surface area contributed by atoms with E-state index in [0.29, 0.717) is 16.6 Å². The van der Waals surface area contributed by atoms with E-state index in [1.807, 2.05) is 0 Å². The molecule has 0 aliphatic carbocycles. The number of carboxylic acid groups (broad SMARTS) is 1. The molecule has 1 amide bonds. The van der Waals surface area contributed by atoms with Gasteiger partial charge in [-0.3, -0.25) is 10.1 Å². The molecular weight excluding hydrogens is 350 g/mol. The van der Waals surface area contributed by atoms with Crippen LogP contribution < -0.4 is 10.9 Å². The summed E-state index contributed by atoms with van der Waals surface area (Å²) in [6, 6.07) is 9.77. The largest absolute Gasteiger partial charge is 0.508 e. The zero-order valence-corrected chi connectivity index (χ0v) is 14.2. The number of pyridine rings is 1. The lowest BCUT2D eigenvalue weighted by Gasteiger charge is -2.07. The summed E-state index contributed by atoms with van der Waals surface area (Å²) in [4.78, 5) is 27.9. The number of amides is 1. The SMILES string of the molecule is Cn1c2cc(O)ccc2c2cnn(Cc3cccc(NC(=O)O)n3)c(=O)c21. The van der Waals surface area contributed by atoms with Crippen LogP contribution in [-0.2, 0) is 13.6 Å². The fourth-order valence-corrected chi connectivity index (χ4v) is 3.16. The molecule has 9 heteroatoms. The first-order valence-corrected chi connectivity index (χ1v) is 8.07. The Labute approximate surface area is 152 Å². The number of anilines is 1. The molecule has 0 aliphatic heterocycles. The predicted octanol–water partition coefficient (Wildman–Crippen LogP) is 2.13. The van der Waals surface area contributed by atoms with Crippen molar-refractivity contribution in [2.45, 2.75) is 6.54 Å². The molecule has 0 saturated carbocycles. The zero-order valence-electron chi connectivity index (χ0n) is 14.2. The van der Waals surface area contributed by atoms with E-state index in [2.05, 4.69) is 15.4 Å². The normalized spacial score (nSPS) is 11.1. The van der Waals surface area contributed by atoms with Crippen molar-refractivity contribution < 1.29 is 15.0 Å². The molecule has 0 fully saturated rings. The number of rotatable bonds is 3. The van der Waals surface area contributed by atoms with Gasteiger partial charge in [0.05, 0.1) is 24.0 Å². The highest BCUT2D eigenvalue weighted by molar-refractivity contribution is 6.07. The van der Waals surface area contributed by atoms with Gasteiger partial charge in [0.25, 0.3) is 5.56 Å². The van der Waals surface area contributed by atoms with Gasteiger partial charge in [0, 0.05) is 23.9 Å². The minimum Gasteiger partial charge on any atom is -0.508 e. The Balaban J connectivity index is 1.81. The Morgan fingerprint density at radius 3 is 2.81 bits per heavy atom. The molecule has 4 rings (SSSR count). The van der Waals surface area contributed by atoms with Gasteiger partial charge < -0.3 is 14.8 Å². The van der Waals surface area contributed by atoms with E-state index in [0.717, 1.165) is 10.9 Å². The van der Waals surface area contributed by atoms with Crippen LogP contribution >= 0.6 is 0 Å². The van der Waals surface area contributed by atoms with Crippen LogP contribution in [0.2, 0.25) is 0 Å². The van der Waals surface area contributed by atoms with Crippen molar-refractivity contribution in [3.8, 4) is 5.75 Å². The first-order chi connectivity index (χ1) is 12.9. The van der Waals surface area contributed by atoms with Gasteiger partial charge in [-0.2, -0.15) is 5.10 Å². The fourth-order valence-electron chi connectivity index (χ4n) is 3.16. The first kappa shape index (κ1) is 16.6. The first-order valence-electron chi connectivity index (χ1n) is 8.07. The molecule has 27 heavy (non-hydrogen) atoms. The lowest BCUT2D eigenvalue weighted by atomic mass is 10.2. The molecule has 0 spiro atoms. The molecule has 1 aromatic carbocycles. The minimum atomic E-state index is -1.21. The Bertz CT molecular complexity index is 1260. The summed E-state index contributed by atoms with van der Waals surface area (Å²) in [6.07, 6.45) is 0.394. The number of carbonyl (C=O) groups is 1. The van der Waals surface area contributed by atoms with Gasteiger partial charge in [-0.05, 0) is 24.3 Å². The van der Waals surface area contributed by atoms with E-state index in [1.165, 1.54) is 10.7 Å². The molecule has 3 heterocycles. The van der Waals surface area contributed by atoms with E-state index in [1.54, 1.807) is 48.1 Å². The number of fused-ring (bicyclic) bond motifs is 3. The van der Waals surface area contributed by atoms with E-state index in [4.69, 9.17) is 5.11 Å². The van der Waals surface area contributed by atoms with Gasteiger partial charge in [-0.25, -0.2) is 14.5 Å². The van der Waals surface area contributed by atoms with E-state index < -0.39 is 6.09 Å². The van der Waals surface area contributed by atoms with Crippen molar-refractivity contribution in [3.63, 3.8) is 0 Å². The predicted molar refractivity (Wildman–Crippen MR) is 99.1 cm³/mol. The van der Waals surface area contributed by atoms with E-state index >= 15 is 0 Å². The highest BCUT2D eigenvalue weighted by atomic mass is 16.4. The molecular formula is C18H15N5O4. The fraction of sp³-hybridized carbons (Fsp3) is 0.111. The third-order valence-corrected chi connectivity index (χ3v) is 4.34. The van der Waals surface area contributed by atoms with Gasteiger partial charge in [0.1, 0.15) is 17.1 Å². The number of nitrogens with one attached hydrogen (secondary N) is 1. The number of benzene rings is 1. The smallest absolute Gasteiger partial charge is 0.410 e. The maximum atomic E-state index is 13.0. The number of aryl methyl sites for hydroxylation is 1. The molecule has 136 valence electrons. The number of aromatic hydroxyl groups is 1. The Kier molecular flexibility index (Phi) is 3.76. The van der Waals surface area contributed by atoms with Crippen LogP contribution in [0, 0.1) is 0 Å². The summed E-state index contributed by atoms with van der Waals surface area (Å²) in [6.45, 7) is 0.0939. The molecule has 9 nitrogen and oxygen atoms in total. The molecule has 0 saturated heterocycles. The Morgan fingerprint density at radius 1 is 1.22 bits per heavy atom. The van der Waals surface area contributed by atoms with Crippen LogP contribution in [0.4, 0.5) is 10.6 Å². The molecule has 0 unspecified atom stereocenters. The number of aromatic nitrogens is 4. The quantitative estimate of drug-likeness (QED) is 0.511. The monoisotopic (exact) mass is 365 g/mol. The second-order valence-electron chi connectivity index (χ2n) is 6.07. The van der Waals surface area contributed by atoms with Crippen molar-refractivity contribution in [1.29, 1.82) is 0 Å². The number of phenols is 1. The summed E-state index contributed by atoms with van der Waals surface area (Å²) in [5.41, 5.74) is 1.38. The molecule has 4 aromatic rings. The van der Waals surface area contributed by atoms with Crippen LogP contribution in [0.3, 0.4) is 0 Å². The second-order valence-corrected chi connectivity index (χ2v) is 6.07. The number of nitrogens with zero attached hydrogens (tertiary/aromatic N) is 4. The summed E-state index contributed by atoms with van der Waals surface area (Å²) in [7, 11) is 1.76. The van der Waals surface area contributed by atoms with Gasteiger partial charge >= 0.3 is 6.09 Å². The van der Waals surface area contributed by atoms with Crippen molar-refractivity contribution in [2.75, 3.05) is 5.32 Å². The van der Waals surface area contributed by atoms with Crippen LogP contribution in [0.1, 0.15) is 5.69 Å². The van der Waals surface area contributed by atoms with Crippen LogP contribution in [0.25, 0.3) is 21.8 Å². The second kappa shape index (κ2) is 6.13. The zero-order chi connectivity index (χ0) is 19.1. The number of hydrogen-bond donors (Lipinski definition) is 3. The molecule has 0 bridgehead atoms. The minimum absolute atomic E-state index is 0.0939. The number of hydrogen-bond acceptors (Lipinski definition) is 5. The topological polar surface area (TPSA) is 122 Å². The van der Waals surface area contributed by atoms with Gasteiger partial charge in [0.2, 0.25) is 0 Å². The maximum absolute atomic E-state index is 13.0. The summed E-state index contributed by atoms with van der Waals surface area (Å²) in [5.74, 6) is 0.294. The number of phenolic OH excluding ortho intramolecular Hbond substituents is 1. The lowest BCUT2D eigenvalue weighted by Crippen LogP contribution is -2.25. The van der Waals surface area contributed by atoms with Crippen molar-refractivity contribution in [2.24, 2.45) is 7.05 Å². The molecule has 0 radical (unpaired) electrons. The Morgan fingerprint density at radius 2 is 2.04 bits per heavy atom. The molecule has 3 N–H and O–H groups in total. The highest BCUT2D eigenvalue weighted by Crippen LogP contribution is 2.28. The summed E-state index contributed by atoms with van der Waals surface area (Å²) in [5, 5.41) is 26.4. The van der Waals surface area contributed by atoms with Crippen LogP contribution in [0.5, 0.6) is 5.75 Å². The maximum Gasteiger partial charge on any atom is 0.410 e.